The van der Waals surface area contributed by atoms with Crippen molar-refractivity contribution in [1.29, 1.82) is 0 Å². The van der Waals surface area contributed by atoms with Crippen molar-refractivity contribution in [3.63, 3.8) is 0 Å². The minimum atomic E-state index is -1.52. The fraction of sp³-hybridized carbons (Fsp3) is 0.945. The molecule has 0 heterocycles. The van der Waals surface area contributed by atoms with E-state index in [1.807, 2.05) is 0 Å². The van der Waals surface area contributed by atoms with Crippen LogP contribution in [0.4, 0.5) is 0 Å². The van der Waals surface area contributed by atoms with E-state index >= 15 is 14.4 Å². The minimum Gasteiger partial charge on any atom is -0.300 e. The molecule has 0 bridgehead atoms. The largest absolute Gasteiger partial charge is 0.300 e. The summed E-state index contributed by atoms with van der Waals surface area (Å²) in [5, 5.41) is 0. The van der Waals surface area contributed by atoms with E-state index in [9.17, 15) is 0 Å². The number of quaternary nitrogens is 1. The van der Waals surface area contributed by atoms with Gasteiger partial charge in [-0.25, -0.2) is 0 Å². The summed E-state index contributed by atoms with van der Waals surface area (Å²) >= 11 is 0. The third-order valence-electron chi connectivity index (χ3n) is 13.8. The van der Waals surface area contributed by atoms with Gasteiger partial charge in [0.25, 0.3) is 5.54 Å². The second-order valence-corrected chi connectivity index (χ2v) is 19.2. The SMILES string of the molecule is CCCCCCCCCC(=O)C(C(=O)CCCCCCCCC)(C(=O)CCCCCCCCC)[N+](CCCCCCCC)(CCCCCCCC)CCCCCCCC. The molecule has 0 saturated carbocycles. The molecule has 0 aliphatic rings. The van der Waals surface area contributed by atoms with Gasteiger partial charge in [0.05, 0.1) is 19.6 Å². The zero-order valence-corrected chi connectivity index (χ0v) is 41.5. The summed E-state index contributed by atoms with van der Waals surface area (Å²) in [5.74, 6) is 0.0692. The lowest BCUT2D eigenvalue weighted by Gasteiger charge is -2.51. The fourth-order valence-corrected chi connectivity index (χ4v) is 9.95. The molecule has 0 spiro atoms. The number of carbonyl (C=O) groups excluding carboxylic acids is 3. The van der Waals surface area contributed by atoms with Crippen molar-refractivity contribution < 1.29 is 18.9 Å². The molecule has 0 aliphatic heterocycles. The van der Waals surface area contributed by atoms with Gasteiger partial charge in [0.1, 0.15) is 0 Å². The molecule has 0 unspecified atom stereocenters. The zero-order chi connectivity index (χ0) is 43.6. The Kier molecular flexibility index (Phi) is 41.5. The summed E-state index contributed by atoms with van der Waals surface area (Å²) in [4.78, 5) is 46.8. The Hall–Kier alpha value is -1.03. The average Bonchev–Trinajstić information content (AvgIpc) is 3.23. The Morgan fingerprint density at radius 1 is 0.254 bits per heavy atom. The summed E-state index contributed by atoms with van der Waals surface area (Å²) in [6, 6.07) is 0. The predicted octanol–water partition coefficient (Wildman–Crippen LogP) is 17.8. The Labute approximate surface area is 371 Å². The summed E-state index contributed by atoms with van der Waals surface area (Å²) in [5.41, 5.74) is -1.52. The highest BCUT2D eigenvalue weighted by Crippen LogP contribution is 2.38. The monoisotopic (exact) mass is 831 g/mol. The Bertz CT molecular complexity index is 828. The Morgan fingerprint density at radius 2 is 0.424 bits per heavy atom. The van der Waals surface area contributed by atoms with Gasteiger partial charge in [-0.3, -0.25) is 18.9 Å². The second-order valence-electron chi connectivity index (χ2n) is 19.2. The maximum absolute atomic E-state index is 15.6. The quantitative estimate of drug-likeness (QED) is 0.0349. The van der Waals surface area contributed by atoms with Crippen LogP contribution in [0.15, 0.2) is 0 Å². The average molecular weight is 831 g/mol. The minimum absolute atomic E-state index is 0.0231. The van der Waals surface area contributed by atoms with Gasteiger partial charge >= 0.3 is 0 Å². The number of rotatable bonds is 49. The summed E-state index contributed by atoms with van der Waals surface area (Å²) in [6.07, 6.45) is 46.4. The van der Waals surface area contributed by atoms with Gasteiger partial charge in [-0.05, 0) is 57.8 Å². The van der Waals surface area contributed by atoms with Crippen LogP contribution < -0.4 is 0 Å². The number of hydrogen-bond acceptors (Lipinski definition) is 3. The topological polar surface area (TPSA) is 51.2 Å². The van der Waals surface area contributed by atoms with Gasteiger partial charge in [0.2, 0.25) is 17.3 Å². The number of unbranched alkanes of at least 4 members (excludes halogenated alkanes) is 33. The van der Waals surface area contributed by atoms with Crippen LogP contribution in [0.5, 0.6) is 0 Å². The highest BCUT2D eigenvalue weighted by molar-refractivity contribution is 6.28. The van der Waals surface area contributed by atoms with Gasteiger partial charge < -0.3 is 0 Å². The van der Waals surface area contributed by atoms with Gasteiger partial charge in [0, 0.05) is 19.3 Å². The molecule has 0 aliphatic carbocycles. The Morgan fingerprint density at radius 3 is 0.627 bits per heavy atom. The molecular formula is C55H108NO3+. The fourth-order valence-electron chi connectivity index (χ4n) is 9.95. The molecular weight excluding hydrogens is 723 g/mol. The van der Waals surface area contributed by atoms with Gasteiger partial charge in [-0.15, -0.1) is 0 Å². The highest BCUT2D eigenvalue weighted by atomic mass is 16.2. The van der Waals surface area contributed by atoms with Crippen molar-refractivity contribution in [2.75, 3.05) is 19.6 Å². The number of Topliss-reactive ketones (excluding diaryl/α,β-unsaturated/α-hetero) is 3. The summed E-state index contributed by atoms with van der Waals surface area (Å²) in [6.45, 7) is 16.1. The van der Waals surface area contributed by atoms with Crippen LogP contribution in [0.1, 0.15) is 311 Å². The lowest BCUT2D eigenvalue weighted by molar-refractivity contribution is -0.949. The first-order valence-corrected chi connectivity index (χ1v) is 27.3. The van der Waals surface area contributed by atoms with E-state index in [-0.39, 0.29) is 17.3 Å². The van der Waals surface area contributed by atoms with Crippen molar-refractivity contribution in [2.24, 2.45) is 0 Å². The number of carbonyl (C=O) groups is 3. The normalized spacial score (nSPS) is 12.1. The molecule has 0 N–H and O–H groups in total. The molecule has 0 rings (SSSR count). The van der Waals surface area contributed by atoms with E-state index in [1.54, 1.807) is 0 Å². The van der Waals surface area contributed by atoms with E-state index < -0.39 is 5.54 Å². The van der Waals surface area contributed by atoms with E-state index in [0.29, 0.717) is 23.7 Å². The molecule has 0 aromatic carbocycles. The molecule has 0 aromatic rings. The van der Waals surface area contributed by atoms with Crippen LogP contribution in [-0.4, -0.2) is 47.0 Å². The molecule has 4 heteroatoms. The summed E-state index contributed by atoms with van der Waals surface area (Å²) < 4.78 is 0.447. The van der Waals surface area contributed by atoms with Crippen LogP contribution >= 0.6 is 0 Å². The molecule has 4 nitrogen and oxygen atoms in total. The van der Waals surface area contributed by atoms with Gasteiger partial charge in [0.15, 0.2) is 0 Å². The van der Waals surface area contributed by atoms with Crippen LogP contribution in [0.3, 0.4) is 0 Å². The first-order chi connectivity index (χ1) is 28.9. The standard InChI is InChI=1S/C55H108NO3/c1-7-13-19-25-31-34-40-46-52(57)55(53(58)47-41-35-32-26-20-14-8-2,54(59)48-42-36-33-27-21-15-9-3)56(49-43-37-28-22-16-10-4,50-44-38-29-23-17-11-5)51-45-39-30-24-18-12-6/h7-51H2,1-6H3/q+1. The Balaban J connectivity index is 7.20. The van der Waals surface area contributed by atoms with Crippen molar-refractivity contribution in [1.82, 2.24) is 0 Å². The van der Waals surface area contributed by atoms with Crippen molar-refractivity contribution in [2.45, 2.75) is 317 Å². The van der Waals surface area contributed by atoms with E-state index in [4.69, 9.17) is 0 Å². The maximum atomic E-state index is 15.6. The van der Waals surface area contributed by atoms with Crippen LogP contribution in [0.25, 0.3) is 0 Å². The number of nitrogens with zero attached hydrogens (tertiary/aromatic N) is 1. The molecule has 0 radical (unpaired) electrons. The molecule has 0 aromatic heterocycles. The number of ketones is 3. The smallest absolute Gasteiger partial charge is 0.275 e. The molecule has 59 heavy (non-hydrogen) atoms. The second kappa shape index (κ2) is 42.3. The molecule has 0 atom stereocenters. The summed E-state index contributed by atoms with van der Waals surface area (Å²) in [7, 11) is 0. The van der Waals surface area contributed by atoms with Crippen molar-refractivity contribution >= 4 is 17.3 Å². The van der Waals surface area contributed by atoms with E-state index in [2.05, 4.69) is 41.5 Å². The molecule has 0 fully saturated rings. The third-order valence-corrected chi connectivity index (χ3v) is 13.8. The molecule has 350 valence electrons. The maximum Gasteiger partial charge on any atom is 0.275 e. The van der Waals surface area contributed by atoms with Crippen LogP contribution in [0, 0.1) is 0 Å². The zero-order valence-electron chi connectivity index (χ0n) is 41.5. The van der Waals surface area contributed by atoms with Crippen molar-refractivity contribution in [3.05, 3.63) is 0 Å². The van der Waals surface area contributed by atoms with E-state index in [1.165, 1.54) is 154 Å². The number of hydrogen-bond donors (Lipinski definition) is 0. The van der Waals surface area contributed by atoms with Gasteiger partial charge in [-0.2, -0.15) is 0 Å². The van der Waals surface area contributed by atoms with Crippen LogP contribution in [-0.2, 0) is 14.4 Å². The van der Waals surface area contributed by atoms with E-state index in [0.717, 1.165) is 116 Å². The first kappa shape index (κ1) is 58.0. The first-order valence-electron chi connectivity index (χ1n) is 27.3. The van der Waals surface area contributed by atoms with Gasteiger partial charge in [-0.1, -0.05) is 234 Å². The third kappa shape index (κ3) is 26.9. The lowest BCUT2D eigenvalue weighted by Crippen LogP contribution is -2.76. The molecule has 0 amide bonds. The van der Waals surface area contributed by atoms with Crippen molar-refractivity contribution in [3.8, 4) is 0 Å². The lowest BCUT2D eigenvalue weighted by atomic mass is 9.74. The van der Waals surface area contributed by atoms with Crippen LogP contribution in [0.2, 0.25) is 0 Å². The highest BCUT2D eigenvalue weighted by Gasteiger charge is 2.64. The molecule has 0 saturated heterocycles. The predicted molar refractivity (Wildman–Crippen MR) is 261 cm³/mol.